The Morgan fingerprint density at radius 3 is 2.70 bits per heavy atom. The van der Waals surface area contributed by atoms with Gasteiger partial charge in [0.05, 0.1) is 5.69 Å². The fourth-order valence-electron chi connectivity index (χ4n) is 3.40. The third-order valence-electron chi connectivity index (χ3n) is 4.51. The summed E-state index contributed by atoms with van der Waals surface area (Å²) in [6, 6.07) is 7.77. The summed E-state index contributed by atoms with van der Waals surface area (Å²) in [4.78, 5) is 14.2. The molecular weight excluding hydrogens is 250 g/mol. The van der Waals surface area contributed by atoms with E-state index in [0.717, 1.165) is 30.1 Å². The zero-order chi connectivity index (χ0) is 13.9. The number of hydrazone groups is 1. The molecule has 1 fully saturated rings. The number of hydrogen-bond donors (Lipinski definition) is 1. The van der Waals surface area contributed by atoms with Crippen molar-refractivity contribution >= 4 is 17.3 Å². The summed E-state index contributed by atoms with van der Waals surface area (Å²) in [7, 11) is 0. The molecule has 0 aromatic heterocycles. The molecule has 20 heavy (non-hydrogen) atoms. The number of amides is 1. The maximum Gasteiger partial charge on any atom is 0.279 e. The van der Waals surface area contributed by atoms with Crippen molar-refractivity contribution in [1.29, 1.82) is 0 Å². The summed E-state index contributed by atoms with van der Waals surface area (Å²) in [5.41, 5.74) is 2.21. The number of carbonyl (C=O) groups excluding carboxylic acids is 1. The second-order valence-corrected chi connectivity index (χ2v) is 5.74. The van der Waals surface area contributed by atoms with Crippen LogP contribution in [-0.4, -0.2) is 18.2 Å². The molecule has 1 saturated carbocycles. The molecule has 1 aliphatic carbocycles. The molecule has 0 radical (unpaired) electrons. The summed E-state index contributed by atoms with van der Waals surface area (Å²) < 4.78 is 0. The van der Waals surface area contributed by atoms with Crippen molar-refractivity contribution < 1.29 is 4.79 Å². The Morgan fingerprint density at radius 1 is 1.20 bits per heavy atom. The average molecular weight is 271 g/mol. The smallest absolute Gasteiger partial charge is 0.279 e. The number of nitrogens with two attached hydrogens (primary N) is 1. The number of nitrogens with zero attached hydrogens (tertiary/aromatic N) is 2. The number of para-hydroxylation sites is 1. The van der Waals surface area contributed by atoms with Crippen LogP contribution < -0.4 is 10.7 Å². The first kappa shape index (κ1) is 13.2. The summed E-state index contributed by atoms with van der Waals surface area (Å²) >= 11 is 0. The van der Waals surface area contributed by atoms with Gasteiger partial charge in [-0.2, -0.15) is 5.10 Å². The number of carbonyl (C=O) groups is 1. The summed E-state index contributed by atoms with van der Waals surface area (Å²) in [6.45, 7) is 0.777. The van der Waals surface area contributed by atoms with Gasteiger partial charge in [0.25, 0.3) is 5.91 Å². The molecule has 1 aromatic carbocycles. The van der Waals surface area contributed by atoms with Crippen molar-refractivity contribution in [1.82, 2.24) is 0 Å². The van der Waals surface area contributed by atoms with Crippen LogP contribution in [0, 0.1) is 5.92 Å². The molecule has 1 amide bonds. The number of anilines is 1. The van der Waals surface area contributed by atoms with E-state index in [1.807, 2.05) is 29.2 Å². The van der Waals surface area contributed by atoms with Gasteiger partial charge in [0.1, 0.15) is 0 Å². The quantitative estimate of drug-likeness (QED) is 0.678. The predicted octanol–water partition coefficient (Wildman–Crippen LogP) is 2.67. The van der Waals surface area contributed by atoms with Crippen molar-refractivity contribution in [2.24, 2.45) is 16.9 Å². The molecule has 1 heterocycles. The van der Waals surface area contributed by atoms with E-state index in [2.05, 4.69) is 5.10 Å². The molecule has 3 rings (SSSR count). The van der Waals surface area contributed by atoms with E-state index in [9.17, 15) is 4.79 Å². The lowest BCUT2D eigenvalue weighted by Gasteiger charge is -2.24. The van der Waals surface area contributed by atoms with Gasteiger partial charge < -0.3 is 10.7 Å². The Balaban J connectivity index is 1.74. The summed E-state index contributed by atoms with van der Waals surface area (Å²) in [5, 5.41) is 3.68. The highest BCUT2D eigenvalue weighted by Crippen LogP contribution is 2.31. The van der Waals surface area contributed by atoms with Crippen LogP contribution >= 0.6 is 0 Å². The molecule has 0 bridgehead atoms. The highest BCUT2D eigenvalue weighted by atomic mass is 16.2. The molecule has 0 unspecified atom stereocenters. The van der Waals surface area contributed by atoms with Crippen molar-refractivity contribution in [2.75, 3.05) is 11.4 Å². The SMILES string of the molecule is NN=C1C(=O)N(CCC2CCCCC2)c2ccccc21. The molecule has 4 nitrogen and oxygen atoms in total. The van der Waals surface area contributed by atoms with Crippen LogP contribution in [0.25, 0.3) is 0 Å². The van der Waals surface area contributed by atoms with E-state index in [1.165, 1.54) is 32.1 Å². The Kier molecular flexibility index (Phi) is 3.72. The normalized spacial score (nSPS) is 21.5. The zero-order valence-corrected chi connectivity index (χ0v) is 11.7. The molecule has 106 valence electrons. The van der Waals surface area contributed by atoms with Gasteiger partial charge in [0, 0.05) is 12.1 Å². The first-order chi connectivity index (χ1) is 9.81. The molecule has 1 aromatic rings. The fraction of sp³-hybridized carbons (Fsp3) is 0.500. The average Bonchev–Trinajstić information content (AvgIpc) is 2.77. The van der Waals surface area contributed by atoms with Crippen molar-refractivity contribution in [3.8, 4) is 0 Å². The number of fused-ring (bicyclic) bond motifs is 1. The lowest BCUT2D eigenvalue weighted by molar-refractivity contribution is -0.112. The van der Waals surface area contributed by atoms with Gasteiger partial charge in [-0.25, -0.2) is 0 Å². The molecule has 0 spiro atoms. The maximum atomic E-state index is 12.4. The second kappa shape index (κ2) is 5.65. The summed E-state index contributed by atoms with van der Waals surface area (Å²) in [6.07, 6.45) is 7.74. The van der Waals surface area contributed by atoms with Crippen molar-refractivity contribution in [2.45, 2.75) is 38.5 Å². The molecule has 0 atom stereocenters. The predicted molar refractivity (Wildman–Crippen MR) is 80.7 cm³/mol. The Bertz CT molecular complexity index is 532. The monoisotopic (exact) mass is 271 g/mol. The highest BCUT2D eigenvalue weighted by Gasteiger charge is 2.33. The van der Waals surface area contributed by atoms with Crippen LogP contribution in [0.5, 0.6) is 0 Å². The van der Waals surface area contributed by atoms with Crippen molar-refractivity contribution in [3.63, 3.8) is 0 Å². The molecule has 2 aliphatic rings. The standard InChI is InChI=1S/C16H21N3O/c17-18-15-13-8-4-5-9-14(13)19(16(15)20)11-10-12-6-2-1-3-7-12/h4-5,8-9,12H,1-3,6-7,10-11,17H2. The van der Waals surface area contributed by atoms with E-state index >= 15 is 0 Å². The third kappa shape index (κ3) is 2.30. The third-order valence-corrected chi connectivity index (χ3v) is 4.51. The van der Waals surface area contributed by atoms with E-state index in [-0.39, 0.29) is 5.91 Å². The van der Waals surface area contributed by atoms with Crippen LogP contribution in [0.2, 0.25) is 0 Å². The van der Waals surface area contributed by atoms with Gasteiger partial charge in [0.2, 0.25) is 0 Å². The van der Waals surface area contributed by atoms with Crippen LogP contribution in [-0.2, 0) is 4.79 Å². The molecule has 2 N–H and O–H groups in total. The van der Waals surface area contributed by atoms with Crippen molar-refractivity contribution in [3.05, 3.63) is 29.8 Å². The van der Waals surface area contributed by atoms with Crippen LogP contribution in [0.4, 0.5) is 5.69 Å². The van der Waals surface area contributed by atoms with E-state index < -0.39 is 0 Å². The number of hydrogen-bond acceptors (Lipinski definition) is 3. The van der Waals surface area contributed by atoms with Crippen LogP contribution in [0.15, 0.2) is 29.4 Å². The largest absolute Gasteiger partial charge is 0.322 e. The van der Waals surface area contributed by atoms with E-state index in [0.29, 0.717) is 5.71 Å². The zero-order valence-electron chi connectivity index (χ0n) is 11.7. The Labute approximate surface area is 119 Å². The lowest BCUT2D eigenvalue weighted by Crippen LogP contribution is -2.32. The molecule has 0 saturated heterocycles. The van der Waals surface area contributed by atoms with Gasteiger partial charge in [-0.3, -0.25) is 4.79 Å². The highest BCUT2D eigenvalue weighted by molar-refractivity contribution is 6.54. The first-order valence-corrected chi connectivity index (χ1v) is 7.50. The number of benzene rings is 1. The molecule has 4 heteroatoms. The number of rotatable bonds is 3. The fourth-order valence-corrected chi connectivity index (χ4v) is 3.40. The van der Waals surface area contributed by atoms with Gasteiger partial charge in [0.15, 0.2) is 5.71 Å². The van der Waals surface area contributed by atoms with Crippen LogP contribution in [0.3, 0.4) is 0 Å². The van der Waals surface area contributed by atoms with Gasteiger partial charge >= 0.3 is 0 Å². The molecular formula is C16H21N3O. The molecule has 1 aliphatic heterocycles. The minimum absolute atomic E-state index is 0.0514. The summed E-state index contributed by atoms with van der Waals surface area (Å²) in [5.74, 6) is 6.10. The van der Waals surface area contributed by atoms with E-state index in [1.54, 1.807) is 0 Å². The van der Waals surface area contributed by atoms with Gasteiger partial charge in [-0.1, -0.05) is 50.3 Å². The van der Waals surface area contributed by atoms with E-state index in [4.69, 9.17) is 5.84 Å². The Hall–Kier alpha value is -1.84. The Morgan fingerprint density at radius 2 is 1.95 bits per heavy atom. The topological polar surface area (TPSA) is 58.7 Å². The first-order valence-electron chi connectivity index (χ1n) is 7.50. The maximum absolute atomic E-state index is 12.4. The second-order valence-electron chi connectivity index (χ2n) is 5.74. The van der Waals surface area contributed by atoms with Gasteiger partial charge in [-0.05, 0) is 18.4 Å². The minimum atomic E-state index is -0.0514. The minimum Gasteiger partial charge on any atom is -0.322 e. The van der Waals surface area contributed by atoms with Gasteiger partial charge in [-0.15, -0.1) is 0 Å². The lowest BCUT2D eigenvalue weighted by atomic mass is 9.87. The van der Waals surface area contributed by atoms with Crippen LogP contribution in [0.1, 0.15) is 44.1 Å².